The number of carbonyl (C=O) groups excluding carboxylic acids is 2. The minimum absolute atomic E-state index is 0.0731. The molecule has 1 atom stereocenters. The first-order chi connectivity index (χ1) is 8.99. The summed E-state index contributed by atoms with van der Waals surface area (Å²) in [4.78, 5) is 24.9. The average molecular weight is 285 g/mol. The Labute approximate surface area is 115 Å². The minimum Gasteiger partial charge on any atom is -0.345 e. The van der Waals surface area contributed by atoms with Crippen LogP contribution in [0.4, 0.5) is 4.39 Å². The van der Waals surface area contributed by atoms with Crippen molar-refractivity contribution in [1.29, 1.82) is 0 Å². The number of benzene rings is 1. The highest BCUT2D eigenvalue weighted by Gasteiger charge is 2.27. The van der Waals surface area contributed by atoms with Crippen LogP contribution in [0.3, 0.4) is 0 Å². The lowest BCUT2D eigenvalue weighted by Crippen LogP contribution is -2.42. The van der Waals surface area contributed by atoms with E-state index < -0.39 is 11.9 Å². The van der Waals surface area contributed by atoms with E-state index in [2.05, 4.69) is 5.32 Å². The van der Waals surface area contributed by atoms with Crippen molar-refractivity contribution in [2.24, 2.45) is 0 Å². The maximum absolute atomic E-state index is 13.7. The topological polar surface area (TPSA) is 49.4 Å². The largest absolute Gasteiger partial charge is 0.345 e. The van der Waals surface area contributed by atoms with Gasteiger partial charge in [0.15, 0.2) is 0 Å². The summed E-state index contributed by atoms with van der Waals surface area (Å²) < 4.78 is 13.7. The first-order valence-corrected chi connectivity index (χ1v) is 6.38. The molecule has 1 unspecified atom stereocenters. The minimum atomic E-state index is -0.597. The first kappa shape index (κ1) is 13.8. The van der Waals surface area contributed by atoms with E-state index in [1.54, 1.807) is 13.0 Å². The molecule has 0 saturated carbocycles. The monoisotopic (exact) mass is 284 g/mol. The third-order valence-electron chi connectivity index (χ3n) is 3.08. The lowest BCUT2D eigenvalue weighted by molar-refractivity contribution is -0.133. The van der Waals surface area contributed by atoms with E-state index in [0.29, 0.717) is 0 Å². The zero-order chi connectivity index (χ0) is 14.0. The van der Waals surface area contributed by atoms with Gasteiger partial charge in [-0.2, -0.15) is 0 Å². The van der Waals surface area contributed by atoms with Gasteiger partial charge >= 0.3 is 0 Å². The molecule has 1 heterocycles. The van der Waals surface area contributed by atoms with Gasteiger partial charge in [0.1, 0.15) is 11.9 Å². The summed E-state index contributed by atoms with van der Waals surface area (Å²) in [5.74, 6) is -0.857. The zero-order valence-corrected chi connectivity index (χ0v) is 11.2. The lowest BCUT2D eigenvalue weighted by Gasteiger charge is -2.23. The van der Waals surface area contributed by atoms with Gasteiger partial charge in [-0.15, -0.1) is 0 Å². The molecule has 1 aromatic carbocycles. The maximum Gasteiger partial charge on any atom is 0.245 e. The second-order valence-electron chi connectivity index (χ2n) is 4.50. The molecule has 1 saturated heterocycles. The van der Waals surface area contributed by atoms with Crippen molar-refractivity contribution in [3.63, 3.8) is 0 Å². The van der Waals surface area contributed by atoms with Crippen LogP contribution in [0.25, 0.3) is 0 Å². The van der Waals surface area contributed by atoms with Crippen molar-refractivity contribution in [1.82, 2.24) is 10.2 Å². The molecule has 6 heteroatoms. The average Bonchev–Trinajstić information content (AvgIpc) is 2.47. The van der Waals surface area contributed by atoms with Crippen molar-refractivity contribution in [2.75, 3.05) is 6.54 Å². The number of amides is 2. The molecule has 102 valence electrons. The third-order valence-corrected chi connectivity index (χ3v) is 3.43. The summed E-state index contributed by atoms with van der Waals surface area (Å²) in [6.45, 7) is 1.95. The normalized spacial score (nSPS) is 20.2. The molecule has 2 rings (SSSR count). The number of carbonyl (C=O) groups is 2. The highest BCUT2D eigenvalue weighted by atomic mass is 35.5. The predicted octanol–water partition coefficient (Wildman–Crippen LogP) is 1.72. The van der Waals surface area contributed by atoms with Crippen molar-refractivity contribution < 1.29 is 14.0 Å². The van der Waals surface area contributed by atoms with Gasteiger partial charge in [0.05, 0.1) is 6.54 Å². The first-order valence-electron chi connectivity index (χ1n) is 6.00. The van der Waals surface area contributed by atoms with Crippen molar-refractivity contribution in [3.05, 3.63) is 34.6 Å². The Hall–Kier alpha value is -1.62. The molecule has 1 aliphatic rings. The molecule has 0 aromatic heterocycles. The summed E-state index contributed by atoms with van der Waals surface area (Å²) in [5.41, 5.74) is 0.277. The molecule has 4 nitrogen and oxygen atoms in total. The number of hydrogen-bond donors (Lipinski definition) is 1. The second-order valence-corrected chi connectivity index (χ2v) is 4.91. The van der Waals surface area contributed by atoms with Gasteiger partial charge < -0.3 is 10.2 Å². The molecule has 1 N–H and O–H groups in total. The van der Waals surface area contributed by atoms with Gasteiger partial charge in [0, 0.05) is 23.6 Å². The van der Waals surface area contributed by atoms with E-state index in [1.165, 1.54) is 17.0 Å². The van der Waals surface area contributed by atoms with Crippen molar-refractivity contribution in [2.45, 2.75) is 25.9 Å². The number of hydrogen-bond acceptors (Lipinski definition) is 2. The fourth-order valence-electron chi connectivity index (χ4n) is 2.03. The van der Waals surface area contributed by atoms with Crippen LogP contribution in [-0.4, -0.2) is 29.3 Å². The quantitative estimate of drug-likeness (QED) is 0.899. The zero-order valence-electron chi connectivity index (χ0n) is 10.5. The van der Waals surface area contributed by atoms with Gasteiger partial charge in [-0.1, -0.05) is 17.7 Å². The van der Waals surface area contributed by atoms with E-state index in [1.807, 2.05) is 0 Å². The second kappa shape index (κ2) is 5.57. The fraction of sp³-hybridized carbons (Fsp3) is 0.385. The van der Waals surface area contributed by atoms with Gasteiger partial charge in [0.2, 0.25) is 11.8 Å². The fourth-order valence-corrected chi connectivity index (χ4v) is 2.25. The lowest BCUT2D eigenvalue weighted by atomic mass is 10.2. The van der Waals surface area contributed by atoms with E-state index in [-0.39, 0.29) is 41.9 Å². The Bertz CT molecular complexity index is 501. The molecular formula is C13H14ClFN2O2. The molecule has 2 amide bonds. The van der Waals surface area contributed by atoms with Crippen LogP contribution in [0.1, 0.15) is 18.9 Å². The standard InChI is InChI=1S/C13H14ClFN2O2/c1-8-13(19)17(6-5-12(18)16-8)7-9-10(14)3-2-4-11(9)15/h2-4,8H,5-7H2,1H3,(H,16,18). The number of rotatable bonds is 2. The Morgan fingerprint density at radius 1 is 1.47 bits per heavy atom. The summed E-state index contributed by atoms with van der Waals surface area (Å²) >= 11 is 5.94. The third kappa shape index (κ3) is 3.04. The van der Waals surface area contributed by atoms with Crippen LogP contribution >= 0.6 is 11.6 Å². The smallest absolute Gasteiger partial charge is 0.245 e. The Balaban J connectivity index is 2.22. The van der Waals surface area contributed by atoms with Gasteiger partial charge in [-0.05, 0) is 19.1 Å². The number of nitrogens with zero attached hydrogens (tertiary/aromatic N) is 1. The van der Waals surface area contributed by atoms with Crippen molar-refractivity contribution in [3.8, 4) is 0 Å². The Kier molecular flexibility index (Phi) is 4.04. The highest BCUT2D eigenvalue weighted by molar-refractivity contribution is 6.31. The molecule has 1 fully saturated rings. The Morgan fingerprint density at radius 3 is 2.89 bits per heavy atom. The summed E-state index contributed by atoms with van der Waals surface area (Å²) in [6.07, 6.45) is 0.210. The summed E-state index contributed by atoms with van der Waals surface area (Å²) in [7, 11) is 0. The molecular weight excluding hydrogens is 271 g/mol. The number of halogens is 2. The predicted molar refractivity (Wildman–Crippen MR) is 69.0 cm³/mol. The molecule has 0 bridgehead atoms. The maximum atomic E-state index is 13.7. The molecule has 19 heavy (non-hydrogen) atoms. The van der Waals surface area contributed by atoms with Crippen LogP contribution in [-0.2, 0) is 16.1 Å². The van der Waals surface area contributed by atoms with Crippen LogP contribution in [0.5, 0.6) is 0 Å². The number of nitrogens with one attached hydrogen (secondary N) is 1. The summed E-state index contributed by atoms with van der Waals surface area (Å²) in [6, 6.07) is 3.80. The molecule has 0 aliphatic carbocycles. The van der Waals surface area contributed by atoms with E-state index in [9.17, 15) is 14.0 Å². The van der Waals surface area contributed by atoms with Gasteiger partial charge in [0.25, 0.3) is 0 Å². The van der Waals surface area contributed by atoms with E-state index >= 15 is 0 Å². The van der Waals surface area contributed by atoms with Gasteiger partial charge in [-0.25, -0.2) is 4.39 Å². The van der Waals surface area contributed by atoms with Gasteiger partial charge in [-0.3, -0.25) is 9.59 Å². The van der Waals surface area contributed by atoms with E-state index in [0.717, 1.165) is 0 Å². The molecule has 0 spiro atoms. The van der Waals surface area contributed by atoms with Crippen LogP contribution in [0.2, 0.25) is 5.02 Å². The molecule has 1 aromatic rings. The summed E-state index contributed by atoms with van der Waals surface area (Å²) in [5, 5.41) is 2.86. The SMILES string of the molecule is CC1NC(=O)CCN(Cc2c(F)cccc2Cl)C1=O. The highest BCUT2D eigenvalue weighted by Crippen LogP contribution is 2.21. The molecule has 0 radical (unpaired) electrons. The van der Waals surface area contributed by atoms with E-state index in [4.69, 9.17) is 11.6 Å². The van der Waals surface area contributed by atoms with Crippen molar-refractivity contribution >= 4 is 23.4 Å². The van der Waals surface area contributed by atoms with Crippen LogP contribution < -0.4 is 5.32 Å². The van der Waals surface area contributed by atoms with Crippen LogP contribution in [0.15, 0.2) is 18.2 Å². The van der Waals surface area contributed by atoms with Crippen LogP contribution in [0, 0.1) is 5.82 Å². The Morgan fingerprint density at radius 2 is 2.21 bits per heavy atom. The molecule has 1 aliphatic heterocycles.